The number of aromatic nitrogens is 1. The zero-order valence-electron chi connectivity index (χ0n) is 11.1. The molecular weight excluding hydrogens is 224 g/mol. The molecule has 1 heterocycles. The lowest BCUT2D eigenvalue weighted by atomic mass is 9.87. The van der Waals surface area contributed by atoms with E-state index in [1.54, 1.807) is 0 Å². The maximum Gasteiger partial charge on any atom is 0.127 e. The summed E-state index contributed by atoms with van der Waals surface area (Å²) in [4.78, 5) is 17.9. The highest BCUT2D eigenvalue weighted by molar-refractivity contribution is 5.60. The smallest absolute Gasteiger partial charge is 0.127 e. The van der Waals surface area contributed by atoms with Crippen LogP contribution in [-0.2, 0) is 11.2 Å². The van der Waals surface area contributed by atoms with Crippen molar-refractivity contribution in [1.29, 1.82) is 0 Å². The second kappa shape index (κ2) is 6.10. The van der Waals surface area contributed by atoms with Gasteiger partial charge < -0.3 is 9.69 Å². The molecule has 0 bridgehead atoms. The molecule has 0 aliphatic heterocycles. The molecule has 1 aromatic rings. The summed E-state index contributed by atoms with van der Waals surface area (Å²) in [6.07, 6.45) is 8.50. The van der Waals surface area contributed by atoms with Gasteiger partial charge in [-0.05, 0) is 32.0 Å². The Morgan fingerprint density at radius 1 is 1.39 bits per heavy atom. The molecule has 1 aliphatic rings. The van der Waals surface area contributed by atoms with E-state index in [1.165, 1.54) is 19.1 Å². The van der Waals surface area contributed by atoms with Crippen LogP contribution in [0.4, 0.5) is 0 Å². The minimum Gasteiger partial charge on any atom is -0.305 e. The largest absolute Gasteiger partial charge is 0.305 e. The number of carbonyl (C=O) groups excluding carboxylic acids is 1. The molecule has 0 N–H and O–H groups in total. The van der Waals surface area contributed by atoms with Crippen molar-refractivity contribution >= 4 is 6.29 Å². The molecule has 0 amide bonds. The molecule has 98 valence electrons. The van der Waals surface area contributed by atoms with Gasteiger partial charge in [-0.3, -0.25) is 4.98 Å². The number of aldehydes is 1. The van der Waals surface area contributed by atoms with Crippen LogP contribution in [0.1, 0.15) is 31.4 Å². The van der Waals surface area contributed by atoms with Gasteiger partial charge in [0.2, 0.25) is 0 Å². The third-order valence-electron chi connectivity index (χ3n) is 3.91. The van der Waals surface area contributed by atoms with E-state index in [-0.39, 0.29) is 5.41 Å². The van der Waals surface area contributed by atoms with Gasteiger partial charge in [-0.25, -0.2) is 0 Å². The van der Waals surface area contributed by atoms with Crippen LogP contribution in [-0.4, -0.2) is 36.3 Å². The Hall–Kier alpha value is -1.22. The second-order valence-corrected chi connectivity index (χ2v) is 5.50. The Bertz CT molecular complexity index is 371. The van der Waals surface area contributed by atoms with Crippen molar-refractivity contribution in [2.24, 2.45) is 5.41 Å². The van der Waals surface area contributed by atoms with Crippen LogP contribution >= 0.6 is 0 Å². The predicted molar refractivity (Wildman–Crippen MR) is 72.4 cm³/mol. The molecule has 0 unspecified atom stereocenters. The first-order valence-electron chi connectivity index (χ1n) is 6.79. The van der Waals surface area contributed by atoms with Gasteiger partial charge in [-0.1, -0.05) is 18.9 Å². The first kappa shape index (κ1) is 13.2. The third-order valence-corrected chi connectivity index (χ3v) is 3.91. The monoisotopic (exact) mass is 246 g/mol. The highest BCUT2D eigenvalue weighted by Crippen LogP contribution is 2.36. The summed E-state index contributed by atoms with van der Waals surface area (Å²) in [5.74, 6) is 0. The topological polar surface area (TPSA) is 33.2 Å². The number of pyridine rings is 1. The van der Waals surface area contributed by atoms with Crippen LogP contribution in [0.3, 0.4) is 0 Å². The van der Waals surface area contributed by atoms with E-state index in [2.05, 4.69) is 23.0 Å². The van der Waals surface area contributed by atoms with Gasteiger partial charge in [0, 0.05) is 36.8 Å². The minimum atomic E-state index is -0.0706. The van der Waals surface area contributed by atoms with Gasteiger partial charge in [-0.15, -0.1) is 0 Å². The number of rotatable bonds is 6. The number of nitrogens with zero attached hydrogens (tertiary/aromatic N) is 2. The molecule has 1 aliphatic carbocycles. The van der Waals surface area contributed by atoms with Crippen molar-refractivity contribution in [3.63, 3.8) is 0 Å². The first-order valence-corrected chi connectivity index (χ1v) is 6.79. The molecule has 0 atom stereocenters. The molecule has 0 radical (unpaired) electrons. The van der Waals surface area contributed by atoms with Gasteiger partial charge in [0.1, 0.15) is 6.29 Å². The average Bonchev–Trinajstić information content (AvgIpc) is 2.87. The van der Waals surface area contributed by atoms with Crippen LogP contribution in [0.2, 0.25) is 0 Å². The number of hydrogen-bond acceptors (Lipinski definition) is 3. The fourth-order valence-electron chi connectivity index (χ4n) is 2.86. The van der Waals surface area contributed by atoms with Gasteiger partial charge in [0.05, 0.1) is 0 Å². The summed E-state index contributed by atoms with van der Waals surface area (Å²) in [6, 6.07) is 6.01. The standard InChI is InChI=1S/C15H22N2O/c1-17(11-7-14-6-2-5-10-16-14)12-15(13-18)8-3-4-9-15/h2,5-6,10,13H,3-4,7-9,11-12H2,1H3. The van der Waals surface area contributed by atoms with E-state index in [9.17, 15) is 4.79 Å². The Morgan fingerprint density at radius 2 is 2.17 bits per heavy atom. The molecule has 1 saturated carbocycles. The lowest BCUT2D eigenvalue weighted by molar-refractivity contribution is -0.116. The molecule has 18 heavy (non-hydrogen) atoms. The molecule has 3 nitrogen and oxygen atoms in total. The molecule has 3 heteroatoms. The van der Waals surface area contributed by atoms with Crippen molar-refractivity contribution < 1.29 is 4.79 Å². The van der Waals surface area contributed by atoms with Crippen molar-refractivity contribution in [2.45, 2.75) is 32.1 Å². The zero-order valence-corrected chi connectivity index (χ0v) is 11.1. The molecule has 1 aromatic heterocycles. The van der Waals surface area contributed by atoms with Crippen LogP contribution in [0.5, 0.6) is 0 Å². The third kappa shape index (κ3) is 3.39. The highest BCUT2D eigenvalue weighted by Gasteiger charge is 2.34. The molecule has 0 spiro atoms. The van der Waals surface area contributed by atoms with Crippen molar-refractivity contribution in [1.82, 2.24) is 9.88 Å². The quantitative estimate of drug-likeness (QED) is 0.722. The molecule has 1 fully saturated rings. The number of carbonyl (C=O) groups is 1. The number of likely N-dealkylation sites (N-methyl/N-ethyl adjacent to an activating group) is 1. The summed E-state index contributed by atoms with van der Waals surface area (Å²) in [7, 11) is 2.10. The fraction of sp³-hybridized carbons (Fsp3) is 0.600. The van der Waals surface area contributed by atoms with Gasteiger partial charge >= 0.3 is 0 Å². The summed E-state index contributed by atoms with van der Waals surface area (Å²) >= 11 is 0. The highest BCUT2D eigenvalue weighted by atomic mass is 16.1. The Balaban J connectivity index is 1.81. The lowest BCUT2D eigenvalue weighted by Gasteiger charge is -2.28. The average molecular weight is 246 g/mol. The normalized spacial score (nSPS) is 18.1. The van der Waals surface area contributed by atoms with Gasteiger partial charge in [-0.2, -0.15) is 0 Å². The van der Waals surface area contributed by atoms with Gasteiger partial charge in [0.25, 0.3) is 0 Å². The van der Waals surface area contributed by atoms with Crippen LogP contribution in [0, 0.1) is 5.41 Å². The van der Waals surface area contributed by atoms with Crippen LogP contribution < -0.4 is 0 Å². The molecular formula is C15H22N2O. The second-order valence-electron chi connectivity index (χ2n) is 5.50. The van der Waals surface area contributed by atoms with Crippen molar-refractivity contribution in [3.8, 4) is 0 Å². The Kier molecular flexibility index (Phi) is 4.48. The van der Waals surface area contributed by atoms with E-state index in [4.69, 9.17) is 0 Å². The maximum absolute atomic E-state index is 11.3. The number of hydrogen-bond donors (Lipinski definition) is 0. The van der Waals surface area contributed by atoms with Crippen LogP contribution in [0.25, 0.3) is 0 Å². The zero-order chi connectivity index (χ0) is 12.8. The summed E-state index contributed by atoms with van der Waals surface area (Å²) < 4.78 is 0. The fourth-order valence-corrected chi connectivity index (χ4v) is 2.86. The van der Waals surface area contributed by atoms with E-state index in [1.807, 2.05) is 18.3 Å². The summed E-state index contributed by atoms with van der Waals surface area (Å²) in [5.41, 5.74) is 1.05. The molecule has 0 aromatic carbocycles. The van der Waals surface area contributed by atoms with E-state index in [0.29, 0.717) is 0 Å². The van der Waals surface area contributed by atoms with Crippen LogP contribution in [0.15, 0.2) is 24.4 Å². The maximum atomic E-state index is 11.3. The predicted octanol–water partition coefficient (Wildman–Crippen LogP) is 2.32. The van der Waals surface area contributed by atoms with E-state index < -0.39 is 0 Å². The minimum absolute atomic E-state index is 0.0706. The Morgan fingerprint density at radius 3 is 2.78 bits per heavy atom. The first-order chi connectivity index (χ1) is 8.74. The van der Waals surface area contributed by atoms with E-state index >= 15 is 0 Å². The van der Waals surface area contributed by atoms with Gasteiger partial charge in [0.15, 0.2) is 0 Å². The van der Waals surface area contributed by atoms with Crippen molar-refractivity contribution in [3.05, 3.63) is 30.1 Å². The summed E-state index contributed by atoms with van der Waals surface area (Å²) in [5, 5.41) is 0. The lowest BCUT2D eigenvalue weighted by Crippen LogP contribution is -2.36. The SMILES string of the molecule is CN(CCc1ccccn1)CC1(C=O)CCCC1. The summed E-state index contributed by atoms with van der Waals surface area (Å²) in [6.45, 7) is 1.86. The Labute approximate surface area is 109 Å². The van der Waals surface area contributed by atoms with E-state index in [0.717, 1.165) is 38.0 Å². The molecule has 0 saturated heterocycles. The van der Waals surface area contributed by atoms with Crippen molar-refractivity contribution in [2.75, 3.05) is 20.1 Å². The molecule has 2 rings (SSSR count).